The molecule has 0 saturated carbocycles. The molecule has 2 aromatic heterocycles. The summed E-state index contributed by atoms with van der Waals surface area (Å²) in [4.78, 5) is 26.2. The lowest BCUT2D eigenvalue weighted by molar-refractivity contribution is -0.125. The third-order valence-corrected chi connectivity index (χ3v) is 7.27. The molecule has 0 aliphatic carbocycles. The van der Waals surface area contributed by atoms with Gasteiger partial charge in [-0.1, -0.05) is 60.7 Å². The second kappa shape index (κ2) is 11.5. The number of aliphatic hydroxyl groups excluding tert-OH is 2. The number of imidazole rings is 1. The summed E-state index contributed by atoms with van der Waals surface area (Å²) in [6.07, 6.45) is -0.0118. The van der Waals surface area contributed by atoms with Crippen LogP contribution < -0.4 is 15.4 Å². The maximum absolute atomic E-state index is 12.8. The van der Waals surface area contributed by atoms with E-state index in [-0.39, 0.29) is 12.6 Å². The molecule has 5 aromatic rings. The summed E-state index contributed by atoms with van der Waals surface area (Å²) in [6, 6.07) is 22.4. The number of amides is 1. The van der Waals surface area contributed by atoms with Crippen molar-refractivity contribution >= 4 is 33.7 Å². The summed E-state index contributed by atoms with van der Waals surface area (Å²) in [5.41, 5.74) is 2.06. The number of benzene rings is 3. The molecular formula is C30H30N6O5. The van der Waals surface area contributed by atoms with Gasteiger partial charge in [0.2, 0.25) is 0 Å². The summed E-state index contributed by atoms with van der Waals surface area (Å²) < 4.78 is 13.2. The Labute approximate surface area is 235 Å². The SMILES string of the molecule is C[C@@H](Nc1ncnc2c1ncn2[C@@H]1O[C@H](CO)[C@@H](O)[C@H]1NC(=O)COc1ccccc1)c1cccc2ccccc12. The summed E-state index contributed by atoms with van der Waals surface area (Å²) >= 11 is 0. The van der Waals surface area contributed by atoms with E-state index in [0.29, 0.717) is 22.7 Å². The molecule has 1 amide bonds. The molecule has 1 aliphatic heterocycles. The number of rotatable bonds is 9. The molecule has 3 aromatic carbocycles. The minimum Gasteiger partial charge on any atom is -0.484 e. The molecule has 0 spiro atoms. The number of hydrogen-bond donors (Lipinski definition) is 4. The van der Waals surface area contributed by atoms with E-state index < -0.39 is 37.0 Å². The van der Waals surface area contributed by atoms with Crippen molar-refractivity contribution in [3.8, 4) is 5.75 Å². The van der Waals surface area contributed by atoms with Crippen LogP contribution in [0.4, 0.5) is 5.82 Å². The van der Waals surface area contributed by atoms with Gasteiger partial charge in [-0.2, -0.15) is 0 Å². The predicted molar refractivity (Wildman–Crippen MR) is 152 cm³/mol. The largest absolute Gasteiger partial charge is 0.484 e. The molecule has 41 heavy (non-hydrogen) atoms. The van der Waals surface area contributed by atoms with Gasteiger partial charge in [-0.3, -0.25) is 9.36 Å². The second-order valence-corrected chi connectivity index (χ2v) is 9.91. The first-order valence-corrected chi connectivity index (χ1v) is 13.4. The Morgan fingerprint density at radius 1 is 1.05 bits per heavy atom. The minimum absolute atomic E-state index is 0.0932. The molecular weight excluding hydrogens is 524 g/mol. The molecule has 11 nitrogen and oxygen atoms in total. The van der Waals surface area contributed by atoms with Crippen molar-refractivity contribution in [3.63, 3.8) is 0 Å². The van der Waals surface area contributed by atoms with Gasteiger partial charge in [-0.15, -0.1) is 0 Å². The van der Waals surface area contributed by atoms with E-state index in [1.807, 2.05) is 36.4 Å². The number of aliphatic hydroxyl groups is 2. The molecule has 1 aliphatic rings. The number of ether oxygens (including phenoxy) is 2. The number of hydrogen-bond acceptors (Lipinski definition) is 9. The summed E-state index contributed by atoms with van der Waals surface area (Å²) in [6.45, 7) is 1.37. The Morgan fingerprint density at radius 3 is 2.66 bits per heavy atom. The maximum atomic E-state index is 12.8. The van der Waals surface area contributed by atoms with E-state index in [0.717, 1.165) is 16.3 Å². The maximum Gasteiger partial charge on any atom is 0.258 e. The fourth-order valence-electron chi connectivity index (χ4n) is 5.24. The summed E-state index contributed by atoms with van der Waals surface area (Å²) in [7, 11) is 0. The molecule has 210 valence electrons. The number of aromatic nitrogens is 4. The second-order valence-electron chi connectivity index (χ2n) is 9.91. The van der Waals surface area contributed by atoms with Crippen molar-refractivity contribution < 1.29 is 24.5 Å². The van der Waals surface area contributed by atoms with Gasteiger partial charge >= 0.3 is 0 Å². The smallest absolute Gasteiger partial charge is 0.258 e. The summed E-state index contributed by atoms with van der Waals surface area (Å²) in [5, 5.41) is 29.2. The van der Waals surface area contributed by atoms with Gasteiger partial charge < -0.3 is 30.3 Å². The first kappa shape index (κ1) is 26.6. The van der Waals surface area contributed by atoms with E-state index in [2.05, 4.69) is 56.8 Å². The number of fused-ring (bicyclic) bond motifs is 2. The normalized spacial score (nSPS) is 21.1. The van der Waals surface area contributed by atoms with Crippen molar-refractivity contribution in [1.29, 1.82) is 0 Å². The van der Waals surface area contributed by atoms with E-state index >= 15 is 0 Å². The van der Waals surface area contributed by atoms with Crippen LogP contribution in [0.1, 0.15) is 24.8 Å². The molecule has 0 bridgehead atoms. The van der Waals surface area contributed by atoms with Crippen molar-refractivity contribution in [2.45, 2.75) is 37.4 Å². The molecule has 0 unspecified atom stereocenters. The molecule has 11 heteroatoms. The summed E-state index contributed by atoms with van der Waals surface area (Å²) in [5.74, 6) is 0.629. The Morgan fingerprint density at radius 2 is 1.83 bits per heavy atom. The van der Waals surface area contributed by atoms with Crippen LogP contribution in [0.25, 0.3) is 21.9 Å². The lowest BCUT2D eigenvalue weighted by Gasteiger charge is -2.23. The van der Waals surface area contributed by atoms with E-state index in [1.54, 1.807) is 16.7 Å². The molecule has 5 atom stereocenters. The first-order chi connectivity index (χ1) is 20.0. The highest BCUT2D eigenvalue weighted by molar-refractivity contribution is 5.87. The fraction of sp³-hybridized carbons (Fsp3) is 0.267. The highest BCUT2D eigenvalue weighted by atomic mass is 16.5. The van der Waals surface area contributed by atoms with Gasteiger partial charge in [0.25, 0.3) is 5.91 Å². The third-order valence-electron chi connectivity index (χ3n) is 7.27. The van der Waals surface area contributed by atoms with Gasteiger partial charge in [0.1, 0.15) is 30.3 Å². The zero-order chi connectivity index (χ0) is 28.3. The van der Waals surface area contributed by atoms with Gasteiger partial charge in [0.15, 0.2) is 29.8 Å². The van der Waals surface area contributed by atoms with Gasteiger partial charge in [0.05, 0.1) is 19.0 Å². The van der Waals surface area contributed by atoms with Gasteiger partial charge in [0, 0.05) is 0 Å². The molecule has 1 fully saturated rings. The topological polar surface area (TPSA) is 144 Å². The molecule has 1 saturated heterocycles. The van der Waals surface area contributed by atoms with Crippen LogP contribution in [0.3, 0.4) is 0 Å². The average molecular weight is 555 g/mol. The van der Waals surface area contributed by atoms with Crippen molar-refractivity contribution in [2.24, 2.45) is 0 Å². The van der Waals surface area contributed by atoms with Crippen LogP contribution in [0, 0.1) is 0 Å². The van der Waals surface area contributed by atoms with Crippen molar-refractivity contribution in [1.82, 2.24) is 24.8 Å². The van der Waals surface area contributed by atoms with E-state index in [4.69, 9.17) is 9.47 Å². The number of nitrogens with zero attached hydrogens (tertiary/aromatic N) is 4. The monoisotopic (exact) mass is 554 g/mol. The Hall–Kier alpha value is -4.58. The number of nitrogens with one attached hydrogen (secondary N) is 2. The fourth-order valence-corrected chi connectivity index (χ4v) is 5.24. The van der Waals surface area contributed by atoms with Crippen LogP contribution in [-0.4, -0.2) is 67.1 Å². The quantitative estimate of drug-likeness (QED) is 0.216. The van der Waals surface area contributed by atoms with Crippen LogP contribution in [0.5, 0.6) is 5.75 Å². The Kier molecular flexibility index (Phi) is 7.47. The Balaban J connectivity index is 1.24. The zero-order valence-electron chi connectivity index (χ0n) is 22.3. The number of carbonyl (C=O) groups is 1. The van der Waals surface area contributed by atoms with E-state index in [9.17, 15) is 15.0 Å². The third kappa shape index (κ3) is 5.30. The van der Waals surface area contributed by atoms with Gasteiger partial charge in [-0.05, 0) is 35.4 Å². The van der Waals surface area contributed by atoms with Gasteiger partial charge in [-0.25, -0.2) is 15.0 Å². The van der Waals surface area contributed by atoms with Crippen LogP contribution >= 0.6 is 0 Å². The van der Waals surface area contributed by atoms with E-state index in [1.165, 1.54) is 12.7 Å². The molecule has 0 radical (unpaired) electrons. The lowest BCUT2D eigenvalue weighted by Crippen LogP contribution is -2.48. The van der Waals surface area contributed by atoms with Crippen molar-refractivity contribution in [2.75, 3.05) is 18.5 Å². The Bertz CT molecular complexity index is 1660. The number of carbonyl (C=O) groups excluding carboxylic acids is 1. The van der Waals surface area contributed by atoms with Crippen LogP contribution in [0.2, 0.25) is 0 Å². The highest BCUT2D eigenvalue weighted by Gasteiger charge is 2.46. The standard InChI is InChI=1S/C30H30N6O5/c1-18(21-13-7-9-19-8-5-6-12-22(19)21)34-28-26-29(32-16-31-28)36(17-33-26)30-25(27(39)23(14-37)41-30)35-24(38)15-40-20-10-3-2-4-11-20/h2-13,16-18,23,25,27,30,37,39H,14-15H2,1H3,(H,35,38)(H,31,32,34)/t18-,23-,25-,27-,30-/m1/s1. The number of para-hydroxylation sites is 1. The highest BCUT2D eigenvalue weighted by Crippen LogP contribution is 2.33. The van der Waals surface area contributed by atoms with Crippen LogP contribution in [-0.2, 0) is 9.53 Å². The first-order valence-electron chi connectivity index (χ1n) is 13.4. The molecule has 3 heterocycles. The minimum atomic E-state index is -1.17. The number of anilines is 1. The van der Waals surface area contributed by atoms with Crippen LogP contribution in [0.15, 0.2) is 85.5 Å². The molecule has 6 rings (SSSR count). The zero-order valence-corrected chi connectivity index (χ0v) is 22.3. The lowest BCUT2D eigenvalue weighted by atomic mass is 10.00. The van der Waals surface area contributed by atoms with Crippen molar-refractivity contribution in [3.05, 3.63) is 91.0 Å². The average Bonchev–Trinajstić information content (AvgIpc) is 3.57. The predicted octanol–water partition coefficient (Wildman–Crippen LogP) is 2.97. The molecule has 4 N–H and O–H groups in total.